The molecule has 4 heteroatoms. The van der Waals surface area contributed by atoms with E-state index >= 15 is 0 Å². The maximum atomic E-state index is 13.4. The molecular weight excluding hydrogens is 297 g/mol. The van der Waals surface area contributed by atoms with Gasteiger partial charge in [0.1, 0.15) is 5.82 Å². The highest BCUT2D eigenvalue weighted by atomic mass is 79.9. The van der Waals surface area contributed by atoms with Gasteiger partial charge >= 0.3 is 0 Å². The summed E-state index contributed by atoms with van der Waals surface area (Å²) in [6.07, 6.45) is 5.69. The molecule has 1 saturated heterocycles. The summed E-state index contributed by atoms with van der Waals surface area (Å²) in [6, 6.07) is 4.91. The molecule has 100 valence electrons. The van der Waals surface area contributed by atoms with E-state index in [0.717, 1.165) is 31.4 Å². The SMILES string of the molecule is NC(CCCC1CCCO1)c1cccc(F)c1Br. The van der Waals surface area contributed by atoms with Gasteiger partial charge in [0.25, 0.3) is 0 Å². The van der Waals surface area contributed by atoms with Crippen LogP contribution in [-0.2, 0) is 4.74 Å². The third kappa shape index (κ3) is 3.53. The number of ether oxygens (including phenoxy) is 1. The van der Waals surface area contributed by atoms with Crippen molar-refractivity contribution < 1.29 is 9.13 Å². The molecule has 0 radical (unpaired) electrons. The third-order valence-electron chi connectivity index (χ3n) is 3.45. The van der Waals surface area contributed by atoms with E-state index in [2.05, 4.69) is 15.9 Å². The lowest BCUT2D eigenvalue weighted by Crippen LogP contribution is -2.13. The minimum absolute atomic E-state index is 0.114. The average molecular weight is 316 g/mol. The van der Waals surface area contributed by atoms with Gasteiger partial charge in [-0.05, 0) is 59.7 Å². The van der Waals surface area contributed by atoms with Gasteiger partial charge < -0.3 is 10.5 Å². The monoisotopic (exact) mass is 315 g/mol. The molecule has 18 heavy (non-hydrogen) atoms. The average Bonchev–Trinajstić information content (AvgIpc) is 2.85. The molecule has 2 unspecified atom stereocenters. The van der Waals surface area contributed by atoms with E-state index < -0.39 is 0 Å². The van der Waals surface area contributed by atoms with Gasteiger partial charge in [-0.1, -0.05) is 12.1 Å². The third-order valence-corrected chi connectivity index (χ3v) is 4.28. The molecule has 2 N–H and O–H groups in total. The largest absolute Gasteiger partial charge is 0.378 e. The van der Waals surface area contributed by atoms with Gasteiger partial charge in [0, 0.05) is 12.6 Å². The van der Waals surface area contributed by atoms with Crippen LogP contribution in [0.15, 0.2) is 22.7 Å². The molecule has 1 heterocycles. The second kappa shape index (κ2) is 6.64. The summed E-state index contributed by atoms with van der Waals surface area (Å²) in [6.45, 7) is 0.895. The summed E-state index contributed by atoms with van der Waals surface area (Å²) >= 11 is 3.26. The molecule has 0 aromatic heterocycles. The van der Waals surface area contributed by atoms with Gasteiger partial charge in [-0.3, -0.25) is 0 Å². The van der Waals surface area contributed by atoms with Gasteiger partial charge in [-0.2, -0.15) is 0 Å². The quantitative estimate of drug-likeness (QED) is 0.893. The van der Waals surface area contributed by atoms with Crippen molar-refractivity contribution in [1.29, 1.82) is 0 Å². The summed E-state index contributed by atoms with van der Waals surface area (Å²) in [5.74, 6) is -0.248. The lowest BCUT2D eigenvalue weighted by Gasteiger charge is -2.15. The van der Waals surface area contributed by atoms with Gasteiger partial charge in [-0.25, -0.2) is 4.39 Å². The summed E-state index contributed by atoms with van der Waals surface area (Å²) in [7, 11) is 0. The van der Waals surface area contributed by atoms with Crippen LogP contribution >= 0.6 is 15.9 Å². The highest BCUT2D eigenvalue weighted by molar-refractivity contribution is 9.10. The molecular formula is C14H19BrFNO. The molecule has 0 amide bonds. The van der Waals surface area contributed by atoms with Crippen molar-refractivity contribution in [2.75, 3.05) is 6.61 Å². The summed E-state index contributed by atoms with van der Waals surface area (Å²) in [5, 5.41) is 0. The van der Waals surface area contributed by atoms with Crippen molar-refractivity contribution in [3.05, 3.63) is 34.1 Å². The molecule has 1 aromatic carbocycles. The Bertz CT molecular complexity index is 393. The predicted molar refractivity (Wildman–Crippen MR) is 73.9 cm³/mol. The Hall–Kier alpha value is -0.450. The van der Waals surface area contributed by atoms with E-state index in [-0.39, 0.29) is 11.9 Å². The molecule has 1 aromatic rings. The molecule has 0 aliphatic carbocycles. The fraction of sp³-hybridized carbons (Fsp3) is 0.571. The number of rotatable bonds is 5. The Balaban J connectivity index is 1.83. The molecule has 1 aliphatic rings. The summed E-state index contributed by atoms with van der Waals surface area (Å²) < 4.78 is 19.5. The minimum Gasteiger partial charge on any atom is -0.378 e. The van der Waals surface area contributed by atoms with E-state index in [0.29, 0.717) is 10.6 Å². The number of hydrogen-bond donors (Lipinski definition) is 1. The normalized spacial score (nSPS) is 21.2. The zero-order chi connectivity index (χ0) is 13.0. The molecule has 1 fully saturated rings. The van der Waals surface area contributed by atoms with Gasteiger partial charge in [0.2, 0.25) is 0 Å². The first-order valence-corrected chi connectivity index (χ1v) is 7.29. The first-order chi connectivity index (χ1) is 8.68. The molecule has 1 aliphatic heterocycles. The molecule has 2 nitrogen and oxygen atoms in total. The number of nitrogens with two attached hydrogens (primary N) is 1. The topological polar surface area (TPSA) is 35.2 Å². The highest BCUT2D eigenvalue weighted by Gasteiger charge is 2.17. The number of benzene rings is 1. The van der Waals surface area contributed by atoms with E-state index in [1.807, 2.05) is 6.07 Å². The van der Waals surface area contributed by atoms with Gasteiger partial charge in [-0.15, -0.1) is 0 Å². The summed E-state index contributed by atoms with van der Waals surface area (Å²) in [5.41, 5.74) is 6.96. The first-order valence-electron chi connectivity index (χ1n) is 6.49. The minimum atomic E-state index is -0.248. The Morgan fingerprint density at radius 3 is 3.06 bits per heavy atom. The van der Waals surface area contributed by atoms with Gasteiger partial charge in [0.05, 0.1) is 10.6 Å². The Morgan fingerprint density at radius 1 is 1.50 bits per heavy atom. The van der Waals surface area contributed by atoms with Crippen LogP contribution in [0.25, 0.3) is 0 Å². The first kappa shape index (κ1) is 14.0. The van der Waals surface area contributed by atoms with E-state index in [1.54, 1.807) is 6.07 Å². The summed E-state index contributed by atoms with van der Waals surface area (Å²) in [4.78, 5) is 0. The molecule has 0 bridgehead atoms. The predicted octanol–water partition coefficient (Wildman–Crippen LogP) is 3.94. The van der Waals surface area contributed by atoms with E-state index in [9.17, 15) is 4.39 Å². The van der Waals surface area contributed by atoms with Crippen LogP contribution in [0, 0.1) is 5.82 Å². The van der Waals surface area contributed by atoms with Crippen molar-refractivity contribution >= 4 is 15.9 Å². The second-order valence-electron chi connectivity index (χ2n) is 4.82. The lowest BCUT2D eigenvalue weighted by molar-refractivity contribution is 0.101. The second-order valence-corrected chi connectivity index (χ2v) is 5.61. The maximum absolute atomic E-state index is 13.4. The van der Waals surface area contributed by atoms with Gasteiger partial charge in [0.15, 0.2) is 0 Å². The number of hydrogen-bond acceptors (Lipinski definition) is 2. The Kier molecular flexibility index (Phi) is 5.15. The molecule has 0 spiro atoms. The fourth-order valence-electron chi connectivity index (χ4n) is 2.40. The lowest BCUT2D eigenvalue weighted by atomic mass is 10.00. The van der Waals surface area contributed by atoms with Crippen molar-refractivity contribution in [3.63, 3.8) is 0 Å². The molecule has 2 atom stereocenters. The highest BCUT2D eigenvalue weighted by Crippen LogP contribution is 2.28. The van der Waals surface area contributed by atoms with E-state index in [4.69, 9.17) is 10.5 Å². The maximum Gasteiger partial charge on any atom is 0.137 e. The van der Waals surface area contributed by atoms with Crippen LogP contribution in [0.3, 0.4) is 0 Å². The van der Waals surface area contributed by atoms with Crippen LogP contribution < -0.4 is 5.73 Å². The standard InChI is InChI=1S/C14H19BrFNO/c15-14-11(6-2-7-12(14)16)13(17)8-1-4-10-5-3-9-18-10/h2,6-7,10,13H,1,3-5,8-9,17H2. The molecule has 2 rings (SSSR count). The smallest absolute Gasteiger partial charge is 0.137 e. The van der Waals surface area contributed by atoms with Crippen LogP contribution in [0.4, 0.5) is 4.39 Å². The zero-order valence-corrected chi connectivity index (χ0v) is 12.0. The number of halogens is 2. The van der Waals surface area contributed by atoms with Crippen LogP contribution in [0.1, 0.15) is 43.7 Å². The fourth-order valence-corrected chi connectivity index (χ4v) is 2.96. The van der Waals surface area contributed by atoms with Crippen molar-refractivity contribution in [2.24, 2.45) is 5.73 Å². The van der Waals surface area contributed by atoms with Crippen molar-refractivity contribution in [3.8, 4) is 0 Å². The Labute approximate surface area is 116 Å². The van der Waals surface area contributed by atoms with Crippen LogP contribution in [0.2, 0.25) is 0 Å². The van der Waals surface area contributed by atoms with Crippen LogP contribution in [-0.4, -0.2) is 12.7 Å². The Morgan fingerprint density at radius 2 is 2.33 bits per heavy atom. The zero-order valence-electron chi connectivity index (χ0n) is 10.4. The molecule has 0 saturated carbocycles. The van der Waals surface area contributed by atoms with E-state index in [1.165, 1.54) is 18.9 Å². The van der Waals surface area contributed by atoms with Crippen LogP contribution in [0.5, 0.6) is 0 Å². The van der Waals surface area contributed by atoms with Crippen molar-refractivity contribution in [2.45, 2.75) is 44.2 Å². The van der Waals surface area contributed by atoms with Crippen molar-refractivity contribution in [1.82, 2.24) is 0 Å².